The molecule has 0 saturated carbocycles. The molecule has 0 bridgehead atoms. The molecule has 2 heterocycles. The molecule has 1 amide bonds. The fourth-order valence-corrected chi connectivity index (χ4v) is 2.14. The second kappa shape index (κ2) is 7.07. The Bertz CT molecular complexity index is 453. The van der Waals surface area contributed by atoms with Gasteiger partial charge in [-0.15, -0.1) is 0 Å². The number of carbonyl (C=O) groups excluding carboxylic acids is 1. The second-order valence-electron chi connectivity index (χ2n) is 5.02. The summed E-state index contributed by atoms with van der Waals surface area (Å²) < 4.78 is 0. The number of piperidine rings is 1. The van der Waals surface area contributed by atoms with E-state index in [1.165, 1.54) is 0 Å². The number of hydrogen-bond acceptors (Lipinski definition) is 5. The minimum atomic E-state index is 0.130. The maximum Gasteiger partial charge on any atom is 0.220 e. The second-order valence-corrected chi connectivity index (χ2v) is 5.02. The number of carbonyl (C=O) groups is 1. The lowest BCUT2D eigenvalue weighted by molar-refractivity contribution is -0.122. The summed E-state index contributed by atoms with van der Waals surface area (Å²) in [6.45, 7) is 5.73. The Labute approximate surface area is 119 Å². The summed E-state index contributed by atoms with van der Waals surface area (Å²) in [7, 11) is 0. The van der Waals surface area contributed by atoms with E-state index in [0.29, 0.717) is 13.0 Å². The number of hydrogen-bond donors (Lipinski definition) is 3. The average Bonchev–Trinajstić information content (AvgIpc) is 2.47. The highest BCUT2D eigenvalue weighted by Crippen LogP contribution is 2.15. The quantitative estimate of drug-likeness (QED) is 0.735. The molecule has 1 aliphatic rings. The lowest BCUT2D eigenvalue weighted by Gasteiger charge is -2.24. The number of nitrogens with zero attached hydrogens (tertiary/aromatic N) is 2. The summed E-state index contributed by atoms with van der Waals surface area (Å²) in [5, 5.41) is 9.55. The number of rotatable bonds is 6. The van der Waals surface area contributed by atoms with Crippen molar-refractivity contribution < 1.29 is 4.79 Å². The molecule has 3 N–H and O–H groups in total. The molecule has 0 spiro atoms. The molecule has 0 aliphatic carbocycles. The summed E-state index contributed by atoms with van der Waals surface area (Å²) >= 11 is 0. The van der Waals surface area contributed by atoms with Crippen molar-refractivity contribution in [3.8, 4) is 0 Å². The summed E-state index contributed by atoms with van der Waals surface area (Å²) in [5.41, 5.74) is 0. The van der Waals surface area contributed by atoms with Crippen LogP contribution in [0.25, 0.3) is 0 Å². The van der Waals surface area contributed by atoms with Gasteiger partial charge in [-0.25, -0.2) is 9.97 Å². The molecule has 1 atom stereocenters. The zero-order chi connectivity index (χ0) is 14.4. The van der Waals surface area contributed by atoms with E-state index in [-0.39, 0.29) is 11.9 Å². The first-order valence-electron chi connectivity index (χ1n) is 7.36. The van der Waals surface area contributed by atoms with Crippen LogP contribution < -0.4 is 16.0 Å². The van der Waals surface area contributed by atoms with Crippen LogP contribution >= 0.6 is 0 Å². The first kappa shape index (κ1) is 14.6. The van der Waals surface area contributed by atoms with Crippen molar-refractivity contribution in [1.82, 2.24) is 15.3 Å². The van der Waals surface area contributed by atoms with Crippen LogP contribution in [0.5, 0.6) is 0 Å². The molecule has 2 rings (SSSR count). The standard InChI is InChI=1S/C14H23N5O/c1-3-7-15-12-8-13(19-11(4-2)18-12)17-10-5-6-14(20)16-9-10/h8,10H,3-7,9H2,1-2H3,(H,16,20)(H2,15,17,18,19). The topological polar surface area (TPSA) is 78.9 Å². The van der Waals surface area contributed by atoms with Gasteiger partial charge in [-0.2, -0.15) is 0 Å². The number of amides is 1. The summed E-state index contributed by atoms with van der Waals surface area (Å²) in [6.07, 6.45) is 3.28. The van der Waals surface area contributed by atoms with Crippen molar-refractivity contribution >= 4 is 17.5 Å². The molecular weight excluding hydrogens is 254 g/mol. The van der Waals surface area contributed by atoms with Gasteiger partial charge in [0, 0.05) is 38.0 Å². The molecule has 1 saturated heterocycles. The maximum absolute atomic E-state index is 11.2. The third-order valence-electron chi connectivity index (χ3n) is 3.26. The first-order chi connectivity index (χ1) is 9.71. The lowest BCUT2D eigenvalue weighted by Crippen LogP contribution is -2.42. The van der Waals surface area contributed by atoms with Crippen molar-refractivity contribution in [2.24, 2.45) is 0 Å². The highest BCUT2D eigenvalue weighted by molar-refractivity contribution is 5.77. The van der Waals surface area contributed by atoms with Gasteiger partial charge in [0.25, 0.3) is 0 Å². The van der Waals surface area contributed by atoms with Crippen molar-refractivity contribution in [3.05, 3.63) is 11.9 Å². The third-order valence-corrected chi connectivity index (χ3v) is 3.26. The van der Waals surface area contributed by atoms with Crippen molar-refractivity contribution in [3.63, 3.8) is 0 Å². The van der Waals surface area contributed by atoms with E-state index in [0.717, 1.165) is 43.3 Å². The SMILES string of the molecule is CCCNc1cc(NC2CCC(=O)NC2)nc(CC)n1. The lowest BCUT2D eigenvalue weighted by atomic mass is 10.1. The van der Waals surface area contributed by atoms with E-state index in [2.05, 4.69) is 32.8 Å². The molecule has 1 aromatic heterocycles. The Morgan fingerprint density at radius 2 is 2.15 bits per heavy atom. The zero-order valence-corrected chi connectivity index (χ0v) is 12.2. The first-order valence-corrected chi connectivity index (χ1v) is 7.36. The fraction of sp³-hybridized carbons (Fsp3) is 0.643. The Hall–Kier alpha value is -1.85. The smallest absolute Gasteiger partial charge is 0.220 e. The normalized spacial score (nSPS) is 18.5. The van der Waals surface area contributed by atoms with Gasteiger partial charge in [-0.05, 0) is 12.8 Å². The van der Waals surface area contributed by atoms with Crippen LogP contribution in [0.4, 0.5) is 11.6 Å². The molecule has 1 aliphatic heterocycles. The van der Waals surface area contributed by atoms with E-state index in [9.17, 15) is 4.79 Å². The van der Waals surface area contributed by atoms with E-state index in [4.69, 9.17) is 0 Å². The number of nitrogens with one attached hydrogen (secondary N) is 3. The average molecular weight is 277 g/mol. The Balaban J connectivity index is 2.03. The van der Waals surface area contributed by atoms with E-state index < -0.39 is 0 Å². The van der Waals surface area contributed by atoms with Gasteiger partial charge < -0.3 is 16.0 Å². The van der Waals surface area contributed by atoms with Crippen LogP contribution in [0.15, 0.2) is 6.07 Å². The minimum absolute atomic E-state index is 0.130. The molecule has 110 valence electrons. The number of aromatic nitrogens is 2. The van der Waals surface area contributed by atoms with Crippen LogP contribution in [-0.2, 0) is 11.2 Å². The Morgan fingerprint density at radius 3 is 2.80 bits per heavy atom. The highest BCUT2D eigenvalue weighted by Gasteiger charge is 2.18. The van der Waals surface area contributed by atoms with Crippen LogP contribution in [0, 0.1) is 0 Å². The molecule has 6 nitrogen and oxygen atoms in total. The predicted octanol–water partition coefficient (Wildman–Crippen LogP) is 1.55. The van der Waals surface area contributed by atoms with E-state index in [1.807, 2.05) is 13.0 Å². The molecule has 1 fully saturated rings. The predicted molar refractivity (Wildman–Crippen MR) is 79.8 cm³/mol. The van der Waals surface area contributed by atoms with Crippen molar-refractivity contribution in [2.45, 2.75) is 45.6 Å². The minimum Gasteiger partial charge on any atom is -0.370 e. The van der Waals surface area contributed by atoms with Gasteiger partial charge in [0.15, 0.2) is 0 Å². The number of anilines is 2. The third kappa shape index (κ3) is 4.08. The monoisotopic (exact) mass is 277 g/mol. The van der Waals surface area contributed by atoms with Crippen LogP contribution in [-0.4, -0.2) is 35.0 Å². The highest BCUT2D eigenvalue weighted by atomic mass is 16.1. The molecule has 1 aromatic rings. The Kier molecular flexibility index (Phi) is 5.15. The van der Waals surface area contributed by atoms with Crippen LogP contribution in [0.3, 0.4) is 0 Å². The van der Waals surface area contributed by atoms with Crippen molar-refractivity contribution in [2.75, 3.05) is 23.7 Å². The zero-order valence-electron chi connectivity index (χ0n) is 12.2. The van der Waals surface area contributed by atoms with Gasteiger partial charge >= 0.3 is 0 Å². The van der Waals surface area contributed by atoms with E-state index >= 15 is 0 Å². The fourth-order valence-electron chi connectivity index (χ4n) is 2.14. The van der Waals surface area contributed by atoms with Crippen LogP contribution in [0.1, 0.15) is 38.9 Å². The van der Waals surface area contributed by atoms with Gasteiger partial charge in [0.05, 0.1) is 0 Å². The van der Waals surface area contributed by atoms with Crippen LogP contribution in [0.2, 0.25) is 0 Å². The van der Waals surface area contributed by atoms with Crippen molar-refractivity contribution in [1.29, 1.82) is 0 Å². The summed E-state index contributed by atoms with van der Waals surface area (Å²) in [4.78, 5) is 20.1. The van der Waals surface area contributed by atoms with Gasteiger partial charge in [0.2, 0.25) is 5.91 Å². The molecule has 0 radical (unpaired) electrons. The molecule has 1 unspecified atom stereocenters. The molecule has 0 aromatic carbocycles. The molecular formula is C14H23N5O. The molecule has 20 heavy (non-hydrogen) atoms. The molecule has 6 heteroatoms. The van der Waals surface area contributed by atoms with Gasteiger partial charge in [0.1, 0.15) is 17.5 Å². The Morgan fingerprint density at radius 1 is 1.35 bits per heavy atom. The van der Waals surface area contributed by atoms with Gasteiger partial charge in [-0.1, -0.05) is 13.8 Å². The largest absolute Gasteiger partial charge is 0.370 e. The summed E-state index contributed by atoms with van der Waals surface area (Å²) in [5.74, 6) is 2.65. The van der Waals surface area contributed by atoms with E-state index in [1.54, 1.807) is 0 Å². The van der Waals surface area contributed by atoms with Gasteiger partial charge in [-0.3, -0.25) is 4.79 Å². The summed E-state index contributed by atoms with van der Waals surface area (Å²) in [6, 6.07) is 2.18. The maximum atomic E-state index is 11.2. The number of aryl methyl sites for hydroxylation is 1.